The predicted molar refractivity (Wildman–Crippen MR) is 196 cm³/mol. The molecule has 0 unspecified atom stereocenters. The van der Waals surface area contributed by atoms with Crippen LogP contribution in [0.3, 0.4) is 0 Å². The number of hydrogen-bond acceptors (Lipinski definition) is 5. The largest absolute Gasteiger partial charge is 0.400 e. The minimum atomic E-state index is -2.94. The van der Waals surface area contributed by atoms with Crippen molar-refractivity contribution in [1.82, 2.24) is 24.1 Å². The van der Waals surface area contributed by atoms with Crippen molar-refractivity contribution in [2.75, 3.05) is 0 Å². The van der Waals surface area contributed by atoms with Gasteiger partial charge in [-0.05, 0) is 52.5 Å². The lowest BCUT2D eigenvalue weighted by molar-refractivity contribution is 0.270. The van der Waals surface area contributed by atoms with Gasteiger partial charge in [-0.2, -0.15) is 14.5 Å². The Kier molecular flexibility index (Phi) is 9.32. The second kappa shape index (κ2) is 13.3. The molecule has 0 spiro atoms. The molecule has 0 fully saturated rings. The monoisotopic (exact) mass is 695 g/mol. The highest BCUT2D eigenvalue weighted by Gasteiger charge is 2.50. The minimum Gasteiger partial charge on any atom is -0.400 e. The molecule has 0 radical (unpaired) electrons. The molecule has 0 bridgehead atoms. The Bertz CT molecular complexity index is 2200. The summed E-state index contributed by atoms with van der Waals surface area (Å²) in [6, 6.07) is 29.9. The Balaban J connectivity index is 1.53. The summed E-state index contributed by atoms with van der Waals surface area (Å²) in [5, 5.41) is 12.2. The number of nitrogens with zero attached hydrogens (tertiary/aromatic N) is 5. The maximum absolute atomic E-state index is 15.0. The second-order valence-electron chi connectivity index (χ2n) is 13.3. The molecule has 0 aliphatic heterocycles. The lowest BCUT2D eigenvalue weighted by Crippen LogP contribution is -2.66. The Hall–Kier alpha value is -4.64. The zero-order valence-electron chi connectivity index (χ0n) is 28.4. The molecule has 2 heterocycles. The molecule has 252 valence electrons. The zero-order valence-corrected chi connectivity index (χ0v) is 30.2. The van der Waals surface area contributed by atoms with Crippen molar-refractivity contribution in [2.45, 2.75) is 65.7 Å². The fraction of sp³-hybridized carbons (Fsp3) is 0.263. The van der Waals surface area contributed by atoms with Gasteiger partial charge in [-0.15, -0.1) is 5.10 Å². The van der Waals surface area contributed by atoms with Crippen LogP contribution in [0.2, 0.25) is 10.1 Å². The van der Waals surface area contributed by atoms with Crippen molar-refractivity contribution in [3.05, 3.63) is 140 Å². The molecular weight excluding hydrogens is 657 g/mol. The van der Waals surface area contributed by atoms with Crippen LogP contribution < -0.4 is 21.6 Å². The highest BCUT2D eigenvalue weighted by atomic mass is 35.5. The van der Waals surface area contributed by atoms with E-state index < -0.39 is 19.7 Å². The van der Waals surface area contributed by atoms with Crippen molar-refractivity contribution >= 4 is 41.1 Å². The predicted octanol–water partition coefficient (Wildman–Crippen LogP) is 6.75. The van der Waals surface area contributed by atoms with Gasteiger partial charge in [0.25, 0.3) is 13.9 Å². The molecule has 0 N–H and O–H groups in total. The summed E-state index contributed by atoms with van der Waals surface area (Å²) in [7, 11) is -2.94. The van der Waals surface area contributed by atoms with Crippen molar-refractivity contribution < 1.29 is 8.82 Å². The number of aromatic nitrogens is 5. The van der Waals surface area contributed by atoms with Gasteiger partial charge >= 0.3 is 5.69 Å². The highest BCUT2D eigenvalue weighted by Crippen LogP contribution is 2.37. The Morgan fingerprint density at radius 3 is 2.00 bits per heavy atom. The first-order chi connectivity index (χ1) is 23.4. The Morgan fingerprint density at radius 1 is 0.837 bits per heavy atom. The van der Waals surface area contributed by atoms with E-state index in [0.717, 1.165) is 15.1 Å². The normalized spacial score (nSPS) is 12.3. The quantitative estimate of drug-likeness (QED) is 0.156. The summed E-state index contributed by atoms with van der Waals surface area (Å²) in [6.07, 6.45) is 0. The third-order valence-corrected chi connectivity index (χ3v) is 14.2. The maximum atomic E-state index is 15.0. The molecule has 0 saturated heterocycles. The summed E-state index contributed by atoms with van der Waals surface area (Å²) in [5.41, 5.74) is -0.161. The molecule has 4 aromatic carbocycles. The average molecular weight is 696 g/mol. The minimum absolute atomic E-state index is 0.0586. The molecular formula is C38H39ClFN5O3Si. The zero-order chi connectivity index (χ0) is 35.1. The van der Waals surface area contributed by atoms with Crippen LogP contribution in [0.25, 0.3) is 22.1 Å². The van der Waals surface area contributed by atoms with Crippen LogP contribution in [0.1, 0.15) is 59.0 Å². The van der Waals surface area contributed by atoms with Gasteiger partial charge in [0.1, 0.15) is 5.69 Å². The van der Waals surface area contributed by atoms with E-state index in [1.54, 1.807) is 22.8 Å². The van der Waals surface area contributed by atoms with Gasteiger partial charge in [0.15, 0.2) is 11.6 Å². The number of benzene rings is 4. The molecule has 6 rings (SSSR count). The Morgan fingerprint density at radius 2 is 1.45 bits per heavy atom. The van der Waals surface area contributed by atoms with Gasteiger partial charge in [-0.25, -0.2) is 9.18 Å². The third-order valence-electron chi connectivity index (χ3n) is 8.94. The van der Waals surface area contributed by atoms with Crippen LogP contribution in [0.5, 0.6) is 0 Å². The maximum Gasteiger partial charge on any atom is 0.350 e. The van der Waals surface area contributed by atoms with E-state index in [1.807, 2.05) is 57.2 Å². The van der Waals surface area contributed by atoms with E-state index in [9.17, 15) is 9.59 Å². The first-order valence-corrected chi connectivity index (χ1v) is 18.6. The molecule has 0 saturated carbocycles. The van der Waals surface area contributed by atoms with Crippen molar-refractivity contribution in [3.8, 4) is 11.4 Å². The van der Waals surface area contributed by atoms with E-state index in [4.69, 9.17) is 21.1 Å². The average Bonchev–Trinajstić information content (AvgIpc) is 3.40. The molecule has 0 amide bonds. The fourth-order valence-electron chi connectivity index (χ4n) is 6.68. The number of fused-ring (bicyclic) bond motifs is 1. The van der Waals surface area contributed by atoms with E-state index in [0.29, 0.717) is 29.1 Å². The molecule has 0 aliphatic rings. The van der Waals surface area contributed by atoms with Gasteiger partial charge in [-0.3, -0.25) is 9.36 Å². The fourth-order valence-corrected chi connectivity index (χ4v) is 11.4. The van der Waals surface area contributed by atoms with Crippen LogP contribution >= 0.6 is 11.6 Å². The third kappa shape index (κ3) is 5.87. The first kappa shape index (κ1) is 34.2. The molecule has 11 heteroatoms. The van der Waals surface area contributed by atoms with Gasteiger partial charge in [-0.1, -0.05) is 119 Å². The number of para-hydroxylation sites is 1. The van der Waals surface area contributed by atoms with E-state index in [1.165, 1.54) is 22.9 Å². The van der Waals surface area contributed by atoms with Crippen LogP contribution in [-0.2, 0) is 17.6 Å². The van der Waals surface area contributed by atoms with E-state index in [-0.39, 0.29) is 39.3 Å². The second-order valence-corrected chi connectivity index (χ2v) is 18.0. The first-order valence-electron chi connectivity index (χ1n) is 16.3. The van der Waals surface area contributed by atoms with E-state index in [2.05, 4.69) is 50.1 Å². The Labute approximate surface area is 290 Å². The van der Waals surface area contributed by atoms with Gasteiger partial charge in [0.05, 0.1) is 28.4 Å². The van der Waals surface area contributed by atoms with Crippen molar-refractivity contribution in [1.29, 1.82) is 0 Å². The van der Waals surface area contributed by atoms with Gasteiger partial charge < -0.3 is 4.43 Å². The lowest BCUT2D eigenvalue weighted by atomic mass is 10.0. The highest BCUT2D eigenvalue weighted by molar-refractivity contribution is 6.99. The smallest absolute Gasteiger partial charge is 0.350 e. The van der Waals surface area contributed by atoms with E-state index >= 15 is 4.39 Å². The lowest BCUT2D eigenvalue weighted by Gasteiger charge is -2.42. The van der Waals surface area contributed by atoms with Crippen LogP contribution in [0.15, 0.2) is 107 Å². The summed E-state index contributed by atoms with van der Waals surface area (Å²) in [5.74, 6) is -0.415. The SMILES string of the molecule is CCn1c(CO[Si](c2ccccc2)(c2ccccc2)C(C)(C)C)nn(-c2cccc3c(=O)n(-c4c(F)cccc4Cl)nc(C(C)C)c23)c1=O. The molecule has 0 aliphatic carbocycles. The number of hydrogen-bond donors (Lipinski definition) is 0. The molecule has 49 heavy (non-hydrogen) atoms. The summed E-state index contributed by atoms with van der Waals surface area (Å²) < 4.78 is 26.1. The molecule has 6 aromatic rings. The summed E-state index contributed by atoms with van der Waals surface area (Å²) in [4.78, 5) is 28.0. The summed E-state index contributed by atoms with van der Waals surface area (Å²) in [6.45, 7) is 12.8. The van der Waals surface area contributed by atoms with Crippen LogP contribution in [-0.4, -0.2) is 32.4 Å². The van der Waals surface area contributed by atoms with Crippen molar-refractivity contribution in [3.63, 3.8) is 0 Å². The van der Waals surface area contributed by atoms with Gasteiger partial charge in [0.2, 0.25) is 0 Å². The topological polar surface area (TPSA) is 83.9 Å². The van der Waals surface area contributed by atoms with Crippen LogP contribution in [0.4, 0.5) is 4.39 Å². The summed E-state index contributed by atoms with van der Waals surface area (Å²) >= 11 is 6.36. The number of rotatable bonds is 9. The van der Waals surface area contributed by atoms with Gasteiger partial charge in [0, 0.05) is 11.9 Å². The van der Waals surface area contributed by atoms with Crippen LogP contribution in [0, 0.1) is 5.82 Å². The van der Waals surface area contributed by atoms with Crippen molar-refractivity contribution in [2.24, 2.45) is 0 Å². The number of halogens is 2. The molecule has 0 atom stereocenters. The standard InChI is InChI=1S/C38H39ClFN5O3Si/c1-7-43-32(24-48-49(38(4,5)6,26-16-10-8-11-17-26)27-18-12-9-13-19-27)41-44(37(43)47)31-23-14-20-28-33(31)34(25(2)3)42-45(36(28)46)35-29(39)21-15-22-30(35)40/h8-23,25H,7,24H2,1-6H3. The molecule has 8 nitrogen and oxygen atoms in total. The molecule has 2 aromatic heterocycles.